The molecule has 0 unspecified atom stereocenters. The second-order valence-corrected chi connectivity index (χ2v) is 10.5. The third kappa shape index (κ3) is 4.54. The Morgan fingerprint density at radius 1 is 1.03 bits per heavy atom. The summed E-state index contributed by atoms with van der Waals surface area (Å²) in [7, 11) is -3.77. The highest BCUT2D eigenvalue weighted by molar-refractivity contribution is 7.99. The van der Waals surface area contributed by atoms with Crippen LogP contribution in [0.2, 0.25) is 0 Å². The lowest BCUT2D eigenvalue weighted by Crippen LogP contribution is -2.12. The fourth-order valence-electron chi connectivity index (χ4n) is 3.98. The first-order valence-electron chi connectivity index (χ1n) is 10.4. The van der Waals surface area contributed by atoms with Gasteiger partial charge in [0.2, 0.25) is 15.2 Å². The number of hydrogen-bond acceptors (Lipinski definition) is 7. The largest absolute Gasteiger partial charge is 0.318 e. The molecule has 0 aliphatic rings. The van der Waals surface area contributed by atoms with Crippen molar-refractivity contribution < 1.29 is 13.2 Å². The monoisotopic (exact) mass is 496 g/mol. The molecule has 0 fully saturated rings. The zero-order chi connectivity index (χ0) is 24.6. The molecule has 11 heteroatoms. The number of carbonyl (C=O) groups is 1. The Balaban J connectivity index is 1.57. The van der Waals surface area contributed by atoms with Crippen LogP contribution >= 0.6 is 11.8 Å². The number of nitrogens with two attached hydrogens (primary N) is 1. The zero-order valence-electron chi connectivity index (χ0n) is 19.2. The number of ketones is 1. The first-order valence-corrected chi connectivity index (χ1v) is 12.9. The number of aromatic nitrogens is 5. The van der Waals surface area contributed by atoms with E-state index in [2.05, 4.69) is 15.5 Å². The number of Topliss-reactive ketones (excluding diaryl/α,β-unsaturated/α-hetero) is 1. The van der Waals surface area contributed by atoms with Crippen LogP contribution < -0.4 is 5.14 Å². The summed E-state index contributed by atoms with van der Waals surface area (Å²) in [5.41, 5.74) is 5.94. The Hall–Kier alpha value is -3.28. The van der Waals surface area contributed by atoms with Crippen molar-refractivity contribution in [2.24, 2.45) is 5.14 Å². The average Bonchev–Trinajstić information content (AvgIpc) is 3.35. The summed E-state index contributed by atoms with van der Waals surface area (Å²) >= 11 is 1.28. The normalized spacial score (nSPS) is 11.7. The third-order valence-electron chi connectivity index (χ3n) is 5.58. The van der Waals surface area contributed by atoms with Gasteiger partial charge in [-0.15, -0.1) is 5.10 Å². The minimum Gasteiger partial charge on any atom is -0.318 e. The Morgan fingerprint density at radius 2 is 1.68 bits per heavy atom. The van der Waals surface area contributed by atoms with E-state index in [1.54, 1.807) is 16.8 Å². The van der Waals surface area contributed by atoms with Gasteiger partial charge in [0.05, 0.1) is 16.3 Å². The van der Waals surface area contributed by atoms with Crippen LogP contribution in [0, 0.1) is 27.7 Å². The summed E-state index contributed by atoms with van der Waals surface area (Å²) in [6, 6.07) is 14.0. The molecule has 0 bridgehead atoms. The van der Waals surface area contributed by atoms with E-state index in [1.807, 2.05) is 56.5 Å². The van der Waals surface area contributed by atoms with Gasteiger partial charge in [-0.3, -0.25) is 4.79 Å². The average molecular weight is 497 g/mol. The van der Waals surface area contributed by atoms with Crippen molar-refractivity contribution in [2.45, 2.75) is 37.7 Å². The molecule has 0 amide bonds. The van der Waals surface area contributed by atoms with Crippen molar-refractivity contribution in [3.63, 3.8) is 0 Å². The molecule has 4 aromatic rings. The standard InChI is InChI=1S/C23H24N6O3S2/c1-14-6-5-7-15(2)22(14)29-23(25-26-27-29)33-13-21(30)20-12-16(3)28(17(20)4)18-8-10-19(11-9-18)34(24,31)32/h5-12H,13H2,1-4H3,(H2,24,31,32). The van der Waals surface area contributed by atoms with Crippen LogP contribution in [0.4, 0.5) is 0 Å². The lowest BCUT2D eigenvalue weighted by molar-refractivity contribution is 0.102. The molecular formula is C23H24N6O3S2. The number of nitrogens with zero attached hydrogens (tertiary/aromatic N) is 5. The Bertz CT molecular complexity index is 1470. The van der Waals surface area contributed by atoms with E-state index in [0.717, 1.165) is 33.9 Å². The van der Waals surface area contributed by atoms with Gasteiger partial charge in [-0.25, -0.2) is 13.6 Å². The summed E-state index contributed by atoms with van der Waals surface area (Å²) < 4.78 is 26.6. The van der Waals surface area contributed by atoms with E-state index >= 15 is 0 Å². The fourth-order valence-corrected chi connectivity index (χ4v) is 5.26. The predicted molar refractivity (Wildman–Crippen MR) is 130 cm³/mol. The number of tetrazole rings is 1. The summed E-state index contributed by atoms with van der Waals surface area (Å²) in [4.78, 5) is 13.2. The third-order valence-corrected chi connectivity index (χ3v) is 7.43. The van der Waals surface area contributed by atoms with E-state index in [-0.39, 0.29) is 16.4 Å². The van der Waals surface area contributed by atoms with E-state index in [0.29, 0.717) is 10.7 Å². The highest BCUT2D eigenvalue weighted by Crippen LogP contribution is 2.26. The van der Waals surface area contributed by atoms with Gasteiger partial charge in [-0.2, -0.15) is 4.68 Å². The maximum atomic E-state index is 13.1. The second kappa shape index (κ2) is 9.16. The highest BCUT2D eigenvalue weighted by Gasteiger charge is 2.20. The Kier molecular flexibility index (Phi) is 6.43. The molecule has 2 N–H and O–H groups in total. The molecule has 0 atom stereocenters. The van der Waals surface area contributed by atoms with Gasteiger partial charge >= 0.3 is 0 Å². The molecule has 4 rings (SSSR count). The van der Waals surface area contributed by atoms with E-state index in [4.69, 9.17) is 5.14 Å². The first kappa shape index (κ1) is 23.9. The zero-order valence-corrected chi connectivity index (χ0v) is 20.8. The lowest BCUT2D eigenvalue weighted by Gasteiger charge is -2.11. The van der Waals surface area contributed by atoms with Crippen LogP contribution in [-0.2, 0) is 10.0 Å². The van der Waals surface area contributed by atoms with E-state index in [9.17, 15) is 13.2 Å². The molecule has 2 aromatic carbocycles. The minimum atomic E-state index is -3.77. The Labute approximate surface area is 202 Å². The number of para-hydroxylation sites is 1. The fraction of sp³-hybridized carbons (Fsp3) is 0.217. The number of benzene rings is 2. The number of thioether (sulfide) groups is 1. The quantitative estimate of drug-likeness (QED) is 0.307. The molecule has 0 saturated heterocycles. The van der Waals surface area contributed by atoms with Gasteiger partial charge in [0, 0.05) is 22.6 Å². The molecule has 2 heterocycles. The van der Waals surface area contributed by atoms with Gasteiger partial charge < -0.3 is 4.57 Å². The molecular weight excluding hydrogens is 472 g/mol. The van der Waals surface area contributed by atoms with Crippen molar-refractivity contribution in [1.82, 2.24) is 24.8 Å². The number of sulfonamides is 1. The number of hydrogen-bond donors (Lipinski definition) is 1. The first-order chi connectivity index (χ1) is 16.1. The number of aryl methyl sites for hydroxylation is 3. The summed E-state index contributed by atoms with van der Waals surface area (Å²) in [5, 5.41) is 17.8. The van der Waals surface area contributed by atoms with Crippen LogP contribution in [0.5, 0.6) is 0 Å². The van der Waals surface area contributed by atoms with Crippen molar-refractivity contribution in [1.29, 1.82) is 0 Å². The maximum absolute atomic E-state index is 13.1. The van der Waals surface area contributed by atoms with Gasteiger partial charge in [-0.05, 0) is 79.6 Å². The minimum absolute atomic E-state index is 0.0352. The number of carbonyl (C=O) groups excluding carboxylic acids is 1. The van der Waals surface area contributed by atoms with Crippen LogP contribution in [-0.4, -0.2) is 44.7 Å². The van der Waals surface area contributed by atoms with Crippen molar-refractivity contribution in [3.8, 4) is 11.4 Å². The molecule has 0 aliphatic carbocycles. The maximum Gasteiger partial charge on any atom is 0.238 e. The summed E-state index contributed by atoms with van der Waals surface area (Å²) in [5.74, 6) is 0.113. The molecule has 176 valence electrons. The molecule has 9 nitrogen and oxygen atoms in total. The predicted octanol–water partition coefficient (Wildman–Crippen LogP) is 3.31. The molecule has 0 radical (unpaired) electrons. The molecule has 0 aliphatic heterocycles. The number of rotatable bonds is 7. The lowest BCUT2D eigenvalue weighted by atomic mass is 10.1. The topological polar surface area (TPSA) is 126 Å². The van der Waals surface area contributed by atoms with Crippen LogP contribution in [0.15, 0.2) is 58.6 Å². The summed E-state index contributed by atoms with van der Waals surface area (Å²) in [6.07, 6.45) is 0. The molecule has 0 spiro atoms. The second-order valence-electron chi connectivity index (χ2n) is 7.98. The van der Waals surface area contributed by atoms with Gasteiger partial charge in [0.15, 0.2) is 5.78 Å². The van der Waals surface area contributed by atoms with E-state index < -0.39 is 10.0 Å². The van der Waals surface area contributed by atoms with Crippen molar-refractivity contribution >= 4 is 27.6 Å². The molecule has 34 heavy (non-hydrogen) atoms. The molecule has 0 saturated carbocycles. The van der Waals surface area contributed by atoms with Crippen molar-refractivity contribution in [2.75, 3.05) is 5.75 Å². The van der Waals surface area contributed by atoms with Crippen molar-refractivity contribution in [3.05, 3.63) is 76.6 Å². The smallest absolute Gasteiger partial charge is 0.238 e. The summed E-state index contributed by atoms with van der Waals surface area (Å²) in [6.45, 7) is 7.74. The number of primary sulfonamides is 1. The highest BCUT2D eigenvalue weighted by atomic mass is 32.2. The van der Waals surface area contributed by atoms with Gasteiger partial charge in [0.25, 0.3) is 0 Å². The SMILES string of the molecule is Cc1cccc(C)c1-n1nnnc1SCC(=O)c1cc(C)n(-c2ccc(S(N)(=O)=O)cc2)c1C. The van der Waals surface area contributed by atoms with Crippen LogP contribution in [0.25, 0.3) is 11.4 Å². The van der Waals surface area contributed by atoms with Gasteiger partial charge in [0.1, 0.15) is 0 Å². The molecule has 2 aromatic heterocycles. The van der Waals surface area contributed by atoms with Crippen LogP contribution in [0.3, 0.4) is 0 Å². The Morgan fingerprint density at radius 3 is 2.29 bits per heavy atom. The van der Waals surface area contributed by atoms with E-state index in [1.165, 1.54) is 23.9 Å². The van der Waals surface area contributed by atoms with Crippen LogP contribution in [0.1, 0.15) is 32.9 Å². The van der Waals surface area contributed by atoms with Gasteiger partial charge in [-0.1, -0.05) is 30.0 Å².